The van der Waals surface area contributed by atoms with Crippen LogP contribution in [0.4, 0.5) is 8.78 Å². The molecule has 72 valence electrons. The molecule has 0 aromatic carbocycles. The van der Waals surface area contributed by atoms with E-state index < -0.39 is 11.3 Å². The van der Waals surface area contributed by atoms with Crippen LogP contribution in [-0.2, 0) is 0 Å². The van der Waals surface area contributed by atoms with Crippen molar-refractivity contribution in [2.45, 2.75) is 31.6 Å². The lowest BCUT2D eigenvalue weighted by Gasteiger charge is -2.07. The Kier molecular flexibility index (Phi) is 2.39. The molecular formula is C8H14ClF2N. The minimum Gasteiger partial charge on any atom is -0.330 e. The summed E-state index contributed by atoms with van der Waals surface area (Å²) in [6.07, 6.45) is 2.39. The SMILES string of the molecule is Cl.NCC1CCC2(C1)CC2(F)F. The Morgan fingerprint density at radius 2 is 2.00 bits per heavy atom. The summed E-state index contributed by atoms with van der Waals surface area (Å²) in [5, 5.41) is 0. The van der Waals surface area contributed by atoms with Gasteiger partial charge in [0.1, 0.15) is 0 Å². The zero-order valence-electron chi connectivity index (χ0n) is 6.85. The fourth-order valence-corrected chi connectivity index (χ4v) is 2.31. The van der Waals surface area contributed by atoms with Crippen LogP contribution in [0.2, 0.25) is 0 Å². The van der Waals surface area contributed by atoms with Gasteiger partial charge >= 0.3 is 0 Å². The second-order valence-electron chi connectivity index (χ2n) is 4.01. The summed E-state index contributed by atoms with van der Waals surface area (Å²) in [6.45, 7) is 0.581. The molecule has 2 saturated carbocycles. The molecular weight excluding hydrogens is 184 g/mol. The average Bonchev–Trinajstić information content (AvgIpc) is 2.35. The Labute approximate surface area is 77.1 Å². The summed E-state index contributed by atoms with van der Waals surface area (Å²) >= 11 is 0. The Morgan fingerprint density at radius 1 is 1.42 bits per heavy atom. The maximum atomic E-state index is 12.8. The van der Waals surface area contributed by atoms with E-state index in [0.29, 0.717) is 25.3 Å². The van der Waals surface area contributed by atoms with Gasteiger partial charge in [0.25, 0.3) is 5.92 Å². The van der Waals surface area contributed by atoms with Crippen molar-refractivity contribution >= 4 is 12.4 Å². The molecule has 0 heterocycles. The minimum atomic E-state index is -2.35. The maximum absolute atomic E-state index is 12.8. The van der Waals surface area contributed by atoms with Gasteiger partial charge in [0.05, 0.1) is 0 Å². The number of hydrogen-bond acceptors (Lipinski definition) is 1. The van der Waals surface area contributed by atoms with Crippen molar-refractivity contribution in [3.05, 3.63) is 0 Å². The first-order valence-corrected chi connectivity index (χ1v) is 4.18. The Morgan fingerprint density at radius 3 is 2.25 bits per heavy atom. The molecule has 0 bridgehead atoms. The smallest absolute Gasteiger partial charge is 0.254 e. The van der Waals surface area contributed by atoms with Crippen molar-refractivity contribution in [1.29, 1.82) is 0 Å². The van der Waals surface area contributed by atoms with Crippen molar-refractivity contribution in [2.75, 3.05) is 6.54 Å². The predicted octanol–water partition coefficient (Wildman–Crippen LogP) is 2.19. The van der Waals surface area contributed by atoms with Crippen molar-refractivity contribution in [3.8, 4) is 0 Å². The van der Waals surface area contributed by atoms with Crippen LogP contribution in [0, 0.1) is 11.3 Å². The number of nitrogens with two attached hydrogens (primary N) is 1. The normalized spacial score (nSPS) is 42.8. The van der Waals surface area contributed by atoms with Crippen LogP contribution in [0.5, 0.6) is 0 Å². The molecule has 1 spiro atoms. The summed E-state index contributed by atoms with van der Waals surface area (Å²) in [7, 11) is 0. The molecule has 2 N–H and O–H groups in total. The summed E-state index contributed by atoms with van der Waals surface area (Å²) in [5.41, 5.74) is 4.83. The minimum absolute atomic E-state index is 0. The molecule has 2 rings (SSSR count). The fraction of sp³-hybridized carbons (Fsp3) is 1.00. The first kappa shape index (κ1) is 10.2. The molecule has 1 nitrogen and oxygen atoms in total. The maximum Gasteiger partial charge on any atom is 0.254 e. The van der Waals surface area contributed by atoms with Crippen LogP contribution < -0.4 is 5.73 Å². The Bertz CT molecular complexity index is 186. The molecule has 2 aliphatic rings. The van der Waals surface area contributed by atoms with E-state index in [1.807, 2.05) is 0 Å². The Balaban J connectivity index is 0.000000720. The highest BCUT2D eigenvalue weighted by Gasteiger charge is 2.72. The van der Waals surface area contributed by atoms with Gasteiger partial charge in [0.15, 0.2) is 0 Å². The molecule has 4 heteroatoms. The van der Waals surface area contributed by atoms with Gasteiger partial charge < -0.3 is 5.73 Å². The lowest BCUT2D eigenvalue weighted by molar-refractivity contribution is 0.0646. The first-order valence-electron chi connectivity index (χ1n) is 4.18. The van der Waals surface area contributed by atoms with E-state index in [4.69, 9.17) is 5.73 Å². The largest absolute Gasteiger partial charge is 0.330 e. The molecule has 0 aromatic rings. The van der Waals surface area contributed by atoms with Crippen molar-refractivity contribution < 1.29 is 8.78 Å². The highest BCUT2D eigenvalue weighted by molar-refractivity contribution is 5.85. The van der Waals surface area contributed by atoms with Crippen LogP contribution in [0.3, 0.4) is 0 Å². The second kappa shape index (κ2) is 2.81. The molecule has 0 saturated heterocycles. The van der Waals surface area contributed by atoms with Gasteiger partial charge in [0.2, 0.25) is 0 Å². The second-order valence-corrected chi connectivity index (χ2v) is 4.01. The van der Waals surface area contributed by atoms with Gasteiger partial charge in [-0.3, -0.25) is 0 Å². The third-order valence-corrected chi connectivity index (χ3v) is 3.26. The quantitative estimate of drug-likeness (QED) is 0.685. The van der Waals surface area contributed by atoms with Crippen LogP contribution in [0.25, 0.3) is 0 Å². The third-order valence-electron chi connectivity index (χ3n) is 3.26. The number of hydrogen-bond donors (Lipinski definition) is 1. The molecule has 12 heavy (non-hydrogen) atoms. The van der Waals surface area contributed by atoms with Crippen LogP contribution in [0.1, 0.15) is 25.7 Å². The van der Waals surface area contributed by atoms with Gasteiger partial charge in [-0.05, 0) is 31.7 Å². The van der Waals surface area contributed by atoms with Gasteiger partial charge in [0, 0.05) is 11.8 Å². The zero-order chi connectivity index (χ0) is 8.11. The monoisotopic (exact) mass is 197 g/mol. The fourth-order valence-electron chi connectivity index (χ4n) is 2.31. The van der Waals surface area contributed by atoms with Crippen LogP contribution in [-0.4, -0.2) is 12.5 Å². The third kappa shape index (κ3) is 1.23. The van der Waals surface area contributed by atoms with Gasteiger partial charge in [-0.1, -0.05) is 0 Å². The van der Waals surface area contributed by atoms with E-state index >= 15 is 0 Å². The average molecular weight is 198 g/mol. The molecule has 0 amide bonds. The molecule has 2 unspecified atom stereocenters. The van der Waals surface area contributed by atoms with Crippen LogP contribution >= 0.6 is 12.4 Å². The van der Waals surface area contributed by atoms with E-state index in [1.54, 1.807) is 0 Å². The lowest BCUT2D eigenvalue weighted by Crippen LogP contribution is -2.13. The predicted molar refractivity (Wildman–Crippen MR) is 45.6 cm³/mol. The first-order chi connectivity index (χ1) is 5.10. The van der Waals surface area contributed by atoms with E-state index in [9.17, 15) is 8.78 Å². The molecule has 0 aromatic heterocycles. The number of alkyl halides is 2. The number of rotatable bonds is 1. The van der Waals surface area contributed by atoms with Crippen molar-refractivity contribution in [3.63, 3.8) is 0 Å². The van der Waals surface area contributed by atoms with E-state index in [-0.39, 0.29) is 18.8 Å². The Hall–Kier alpha value is 0.110. The van der Waals surface area contributed by atoms with Gasteiger partial charge in [-0.25, -0.2) is 8.78 Å². The van der Waals surface area contributed by atoms with Gasteiger partial charge in [-0.15, -0.1) is 12.4 Å². The lowest BCUT2D eigenvalue weighted by atomic mass is 10.0. The zero-order valence-corrected chi connectivity index (χ0v) is 7.67. The van der Waals surface area contributed by atoms with Crippen molar-refractivity contribution in [2.24, 2.45) is 17.1 Å². The highest BCUT2D eigenvalue weighted by Crippen LogP contribution is 2.69. The molecule has 0 aliphatic heterocycles. The van der Waals surface area contributed by atoms with E-state index in [2.05, 4.69) is 0 Å². The molecule has 2 aliphatic carbocycles. The van der Waals surface area contributed by atoms with E-state index in [1.165, 1.54) is 0 Å². The number of halogens is 3. The topological polar surface area (TPSA) is 26.0 Å². The van der Waals surface area contributed by atoms with Crippen LogP contribution in [0.15, 0.2) is 0 Å². The van der Waals surface area contributed by atoms with Crippen molar-refractivity contribution in [1.82, 2.24) is 0 Å². The van der Waals surface area contributed by atoms with E-state index in [0.717, 1.165) is 6.42 Å². The summed E-state index contributed by atoms with van der Waals surface area (Å²) in [5.74, 6) is -1.99. The highest BCUT2D eigenvalue weighted by atomic mass is 35.5. The molecule has 2 fully saturated rings. The standard InChI is InChI=1S/C8H13F2N.ClH/c9-8(10)5-7(8)2-1-6(3-7)4-11;/h6H,1-5,11H2;1H. The summed E-state index contributed by atoms with van der Waals surface area (Å²) in [6, 6.07) is 0. The molecule has 0 radical (unpaired) electrons. The molecule has 2 atom stereocenters. The van der Waals surface area contributed by atoms with Gasteiger partial charge in [-0.2, -0.15) is 0 Å². The summed E-state index contributed by atoms with van der Waals surface area (Å²) < 4.78 is 25.5. The summed E-state index contributed by atoms with van der Waals surface area (Å²) in [4.78, 5) is 0.